The molecule has 0 spiro atoms. The maximum absolute atomic E-state index is 11.8. The van der Waals surface area contributed by atoms with Crippen molar-refractivity contribution in [1.29, 1.82) is 0 Å². The maximum atomic E-state index is 11.8. The van der Waals surface area contributed by atoms with Crippen molar-refractivity contribution in [3.8, 4) is 11.1 Å². The summed E-state index contributed by atoms with van der Waals surface area (Å²) in [5.74, 6) is -0.117. The number of thioether (sulfide) groups is 1. The molecule has 31 heavy (non-hydrogen) atoms. The van der Waals surface area contributed by atoms with Gasteiger partial charge in [-0.1, -0.05) is 77.4 Å². The van der Waals surface area contributed by atoms with Crippen LogP contribution < -0.4 is 0 Å². The highest BCUT2D eigenvalue weighted by Crippen LogP contribution is 2.34. The van der Waals surface area contributed by atoms with Gasteiger partial charge in [-0.25, -0.2) is 4.79 Å². The number of rotatable bonds is 11. The Balaban J connectivity index is 2.00. The number of hydrogen-bond acceptors (Lipinski definition) is 2. The van der Waals surface area contributed by atoms with Gasteiger partial charge in [-0.3, -0.25) is 0 Å². The molecule has 0 fully saturated rings. The molecule has 0 radical (unpaired) electrons. The third-order valence-corrected chi connectivity index (χ3v) is 6.17. The molecule has 0 bridgehead atoms. The first-order chi connectivity index (χ1) is 14.9. The van der Waals surface area contributed by atoms with Crippen LogP contribution in [0.3, 0.4) is 0 Å². The number of allylic oxidation sites excluding steroid dienone is 5. The second-order valence-electron chi connectivity index (χ2n) is 8.12. The van der Waals surface area contributed by atoms with Crippen molar-refractivity contribution in [2.24, 2.45) is 0 Å². The van der Waals surface area contributed by atoms with Crippen molar-refractivity contribution in [2.45, 2.75) is 58.3 Å². The summed E-state index contributed by atoms with van der Waals surface area (Å²) in [4.78, 5) is 12.6. The molecule has 2 nitrogen and oxygen atoms in total. The molecule has 0 aliphatic carbocycles. The van der Waals surface area contributed by atoms with E-state index < -0.39 is 5.97 Å². The molecule has 0 saturated carbocycles. The minimum atomic E-state index is -0.880. The van der Waals surface area contributed by atoms with Crippen LogP contribution in [-0.4, -0.2) is 16.8 Å². The number of aromatic carboxylic acids is 1. The SMILES string of the molecule is CC(C)=CCCC(C)=CCCC(C)=CCSc1c(C(=O)O)cccc1-c1ccccc1. The molecule has 0 aromatic heterocycles. The molecule has 0 atom stereocenters. The third-order valence-electron chi connectivity index (χ3n) is 5.11. The predicted molar refractivity (Wildman–Crippen MR) is 135 cm³/mol. The van der Waals surface area contributed by atoms with Gasteiger partial charge < -0.3 is 5.11 Å². The largest absolute Gasteiger partial charge is 0.478 e. The van der Waals surface area contributed by atoms with Gasteiger partial charge in [-0.2, -0.15) is 0 Å². The average Bonchev–Trinajstić information content (AvgIpc) is 2.74. The lowest BCUT2D eigenvalue weighted by Crippen LogP contribution is -2.00. The van der Waals surface area contributed by atoms with Gasteiger partial charge in [-0.15, -0.1) is 11.8 Å². The summed E-state index contributed by atoms with van der Waals surface area (Å²) in [6.07, 6.45) is 11.2. The fourth-order valence-electron chi connectivity index (χ4n) is 3.31. The van der Waals surface area contributed by atoms with Gasteiger partial charge >= 0.3 is 5.97 Å². The molecule has 2 aromatic rings. The zero-order valence-corrected chi connectivity index (χ0v) is 20.0. The van der Waals surface area contributed by atoms with E-state index in [0.717, 1.165) is 47.5 Å². The molecule has 0 aliphatic heterocycles. The monoisotopic (exact) mass is 434 g/mol. The Morgan fingerprint density at radius 3 is 2.13 bits per heavy atom. The van der Waals surface area contributed by atoms with Crippen LogP contribution in [-0.2, 0) is 0 Å². The molecule has 0 saturated heterocycles. The van der Waals surface area contributed by atoms with E-state index in [1.165, 1.54) is 16.7 Å². The van der Waals surface area contributed by atoms with Gasteiger partial charge in [0.25, 0.3) is 0 Å². The lowest BCUT2D eigenvalue weighted by Gasteiger charge is -2.12. The quantitative estimate of drug-likeness (QED) is 0.284. The second-order valence-corrected chi connectivity index (χ2v) is 9.15. The summed E-state index contributed by atoms with van der Waals surface area (Å²) < 4.78 is 0. The van der Waals surface area contributed by atoms with E-state index >= 15 is 0 Å². The predicted octanol–water partition coefficient (Wildman–Crippen LogP) is 8.56. The number of hydrogen-bond donors (Lipinski definition) is 1. The summed E-state index contributed by atoms with van der Waals surface area (Å²) >= 11 is 1.60. The smallest absolute Gasteiger partial charge is 0.336 e. The van der Waals surface area contributed by atoms with E-state index in [1.807, 2.05) is 42.5 Å². The average molecular weight is 435 g/mol. The summed E-state index contributed by atoms with van der Waals surface area (Å²) in [5.41, 5.74) is 6.56. The maximum Gasteiger partial charge on any atom is 0.336 e. The summed E-state index contributed by atoms with van der Waals surface area (Å²) in [5, 5.41) is 9.67. The van der Waals surface area contributed by atoms with Crippen molar-refractivity contribution in [3.05, 3.63) is 89.0 Å². The minimum Gasteiger partial charge on any atom is -0.478 e. The van der Waals surface area contributed by atoms with E-state index in [2.05, 4.69) is 45.9 Å². The van der Waals surface area contributed by atoms with E-state index in [4.69, 9.17) is 0 Å². The first-order valence-corrected chi connectivity index (χ1v) is 11.9. The summed E-state index contributed by atoms with van der Waals surface area (Å²) in [7, 11) is 0. The van der Waals surface area contributed by atoms with Crippen LogP contribution in [0.4, 0.5) is 0 Å². The van der Waals surface area contributed by atoms with Gasteiger partial charge in [0.2, 0.25) is 0 Å². The van der Waals surface area contributed by atoms with E-state index in [1.54, 1.807) is 17.8 Å². The molecule has 0 amide bonds. The molecular formula is C28H34O2S. The number of carboxylic acids is 1. The Morgan fingerprint density at radius 1 is 0.839 bits per heavy atom. The number of carboxylic acid groups (broad SMARTS) is 1. The fourth-order valence-corrected chi connectivity index (χ4v) is 4.50. The number of carbonyl (C=O) groups is 1. The van der Waals surface area contributed by atoms with Crippen molar-refractivity contribution < 1.29 is 9.90 Å². The molecule has 2 rings (SSSR count). The first-order valence-electron chi connectivity index (χ1n) is 10.9. The van der Waals surface area contributed by atoms with Gasteiger partial charge in [-0.05, 0) is 70.6 Å². The zero-order valence-electron chi connectivity index (χ0n) is 19.2. The van der Waals surface area contributed by atoms with Crippen LogP contribution in [0.15, 0.2) is 88.4 Å². The molecule has 0 unspecified atom stereocenters. The highest BCUT2D eigenvalue weighted by atomic mass is 32.2. The lowest BCUT2D eigenvalue weighted by molar-refractivity contribution is 0.0693. The standard InChI is InChI=1S/C28H34O2S/c1-21(2)11-8-12-22(3)13-9-14-23(4)19-20-31-27-25(24-15-6-5-7-16-24)17-10-18-26(27)28(29)30/h5-7,10-11,13,15-19H,8-9,12,14,20H2,1-4H3,(H,29,30). The third kappa shape index (κ3) is 8.63. The van der Waals surface area contributed by atoms with E-state index in [-0.39, 0.29) is 0 Å². The zero-order chi connectivity index (χ0) is 22.6. The Kier molecular flexibility index (Phi) is 10.4. The fraction of sp³-hybridized carbons (Fsp3) is 0.321. The molecular weight excluding hydrogens is 400 g/mol. The Bertz CT molecular complexity index is 948. The van der Waals surface area contributed by atoms with Gasteiger partial charge in [0.15, 0.2) is 0 Å². The van der Waals surface area contributed by atoms with Crippen LogP contribution in [0.25, 0.3) is 11.1 Å². The van der Waals surface area contributed by atoms with Crippen molar-refractivity contribution in [3.63, 3.8) is 0 Å². The van der Waals surface area contributed by atoms with Gasteiger partial charge in [0, 0.05) is 10.6 Å². The van der Waals surface area contributed by atoms with Crippen LogP contribution in [0.1, 0.15) is 63.7 Å². The Morgan fingerprint density at radius 2 is 1.48 bits per heavy atom. The Labute approximate surface area is 191 Å². The molecule has 1 N–H and O–H groups in total. The van der Waals surface area contributed by atoms with Crippen molar-refractivity contribution in [2.75, 3.05) is 5.75 Å². The molecule has 0 heterocycles. The van der Waals surface area contributed by atoms with Crippen LogP contribution >= 0.6 is 11.8 Å². The Hall–Kier alpha value is -2.52. The normalized spacial score (nSPS) is 12.0. The summed E-state index contributed by atoms with van der Waals surface area (Å²) in [6.45, 7) is 8.65. The van der Waals surface area contributed by atoms with Gasteiger partial charge in [0.1, 0.15) is 0 Å². The van der Waals surface area contributed by atoms with Gasteiger partial charge in [0.05, 0.1) is 5.56 Å². The highest BCUT2D eigenvalue weighted by molar-refractivity contribution is 7.99. The van der Waals surface area contributed by atoms with Crippen molar-refractivity contribution >= 4 is 17.7 Å². The lowest BCUT2D eigenvalue weighted by atomic mass is 10.0. The van der Waals surface area contributed by atoms with E-state index in [0.29, 0.717) is 5.56 Å². The minimum absolute atomic E-state index is 0.368. The molecule has 2 aromatic carbocycles. The van der Waals surface area contributed by atoms with Crippen LogP contribution in [0.5, 0.6) is 0 Å². The first kappa shape index (κ1) is 24.7. The molecule has 0 aliphatic rings. The highest BCUT2D eigenvalue weighted by Gasteiger charge is 2.15. The topological polar surface area (TPSA) is 37.3 Å². The van der Waals surface area contributed by atoms with Crippen LogP contribution in [0, 0.1) is 0 Å². The summed E-state index contributed by atoms with van der Waals surface area (Å²) in [6, 6.07) is 15.5. The van der Waals surface area contributed by atoms with E-state index in [9.17, 15) is 9.90 Å². The molecule has 164 valence electrons. The second kappa shape index (κ2) is 13.0. The van der Waals surface area contributed by atoms with Crippen molar-refractivity contribution in [1.82, 2.24) is 0 Å². The van der Waals surface area contributed by atoms with Crippen LogP contribution in [0.2, 0.25) is 0 Å². The number of benzene rings is 2. The molecule has 3 heteroatoms.